The summed E-state index contributed by atoms with van der Waals surface area (Å²) in [6.07, 6.45) is 1.60. The van der Waals surface area contributed by atoms with E-state index in [1.165, 1.54) is 7.11 Å². The summed E-state index contributed by atoms with van der Waals surface area (Å²) >= 11 is 0. The van der Waals surface area contributed by atoms with Crippen molar-refractivity contribution in [1.82, 2.24) is 4.90 Å². The minimum absolute atomic E-state index is 0.0518. The Morgan fingerprint density at radius 1 is 1.11 bits per heavy atom. The van der Waals surface area contributed by atoms with Crippen molar-refractivity contribution in [2.24, 2.45) is 5.92 Å². The SMILES string of the molecule is COCC(=O)N1CCCC(C(=O)Nc2ccc(-c3cccc(OC)c3)cc2)C1. The summed E-state index contributed by atoms with van der Waals surface area (Å²) in [5, 5.41) is 2.97. The molecule has 1 atom stereocenters. The Balaban J connectivity index is 1.62. The van der Waals surface area contributed by atoms with Crippen LogP contribution in [0.2, 0.25) is 0 Å². The molecule has 0 aliphatic carbocycles. The molecule has 3 rings (SSSR count). The Kier molecular flexibility index (Phi) is 6.66. The molecule has 0 radical (unpaired) electrons. The predicted molar refractivity (Wildman–Crippen MR) is 108 cm³/mol. The van der Waals surface area contributed by atoms with Crippen LogP contribution in [0.4, 0.5) is 5.69 Å². The number of rotatable bonds is 6. The Hall–Kier alpha value is -2.86. The fourth-order valence-electron chi connectivity index (χ4n) is 3.43. The first-order valence-electron chi connectivity index (χ1n) is 9.43. The van der Waals surface area contributed by atoms with E-state index < -0.39 is 0 Å². The molecule has 6 nitrogen and oxygen atoms in total. The second kappa shape index (κ2) is 9.37. The molecule has 0 bridgehead atoms. The smallest absolute Gasteiger partial charge is 0.248 e. The number of carbonyl (C=O) groups excluding carboxylic acids is 2. The summed E-state index contributed by atoms with van der Waals surface area (Å²) in [5.74, 6) is 0.485. The number of ether oxygens (including phenoxy) is 2. The van der Waals surface area contributed by atoms with E-state index in [-0.39, 0.29) is 24.3 Å². The lowest BCUT2D eigenvalue weighted by Crippen LogP contribution is -2.45. The van der Waals surface area contributed by atoms with Crippen molar-refractivity contribution in [2.45, 2.75) is 12.8 Å². The Labute approximate surface area is 165 Å². The van der Waals surface area contributed by atoms with Crippen molar-refractivity contribution < 1.29 is 19.1 Å². The molecular weight excluding hydrogens is 356 g/mol. The Bertz CT molecular complexity index is 820. The molecule has 2 aromatic carbocycles. The van der Waals surface area contributed by atoms with Gasteiger partial charge in [-0.05, 0) is 48.2 Å². The molecule has 1 saturated heterocycles. The molecule has 28 heavy (non-hydrogen) atoms. The number of benzene rings is 2. The van der Waals surface area contributed by atoms with Crippen molar-refractivity contribution in [3.63, 3.8) is 0 Å². The van der Waals surface area contributed by atoms with Gasteiger partial charge >= 0.3 is 0 Å². The number of methoxy groups -OCH3 is 2. The lowest BCUT2D eigenvalue weighted by molar-refractivity contribution is -0.138. The molecular formula is C22H26N2O4. The first-order valence-corrected chi connectivity index (χ1v) is 9.43. The van der Waals surface area contributed by atoms with Crippen LogP contribution >= 0.6 is 0 Å². The zero-order valence-corrected chi connectivity index (χ0v) is 16.3. The number of hydrogen-bond acceptors (Lipinski definition) is 4. The van der Waals surface area contributed by atoms with Crippen LogP contribution in [-0.2, 0) is 14.3 Å². The summed E-state index contributed by atoms with van der Waals surface area (Å²) in [7, 11) is 3.15. The van der Waals surface area contributed by atoms with Crippen LogP contribution in [-0.4, -0.2) is 50.6 Å². The third kappa shape index (κ3) is 4.89. The van der Waals surface area contributed by atoms with Crippen LogP contribution < -0.4 is 10.1 Å². The quantitative estimate of drug-likeness (QED) is 0.833. The van der Waals surface area contributed by atoms with Gasteiger partial charge in [0.1, 0.15) is 12.4 Å². The van der Waals surface area contributed by atoms with Gasteiger partial charge in [0.2, 0.25) is 11.8 Å². The number of hydrogen-bond donors (Lipinski definition) is 1. The predicted octanol–water partition coefficient (Wildman–Crippen LogP) is 3.19. The Morgan fingerprint density at radius 3 is 2.61 bits per heavy atom. The van der Waals surface area contributed by atoms with Crippen molar-refractivity contribution >= 4 is 17.5 Å². The van der Waals surface area contributed by atoms with Crippen molar-refractivity contribution in [2.75, 3.05) is 39.2 Å². The normalized spacial score (nSPS) is 16.5. The fraction of sp³-hybridized carbons (Fsp3) is 0.364. The van der Waals surface area contributed by atoms with Gasteiger partial charge in [0.25, 0.3) is 0 Å². The highest BCUT2D eigenvalue weighted by atomic mass is 16.5. The monoisotopic (exact) mass is 382 g/mol. The number of likely N-dealkylation sites (tertiary alicyclic amines) is 1. The van der Waals surface area contributed by atoms with E-state index in [0.29, 0.717) is 13.1 Å². The molecule has 0 saturated carbocycles. The van der Waals surface area contributed by atoms with Crippen molar-refractivity contribution in [1.29, 1.82) is 0 Å². The Morgan fingerprint density at radius 2 is 1.89 bits per heavy atom. The van der Waals surface area contributed by atoms with Gasteiger partial charge in [-0.15, -0.1) is 0 Å². The molecule has 0 spiro atoms. The zero-order valence-electron chi connectivity index (χ0n) is 16.3. The molecule has 1 heterocycles. The van der Waals surface area contributed by atoms with Crippen LogP contribution in [0.15, 0.2) is 48.5 Å². The van der Waals surface area contributed by atoms with Crippen LogP contribution in [0.25, 0.3) is 11.1 Å². The van der Waals surface area contributed by atoms with Gasteiger partial charge in [0.05, 0.1) is 13.0 Å². The number of anilines is 1. The van der Waals surface area contributed by atoms with E-state index >= 15 is 0 Å². The van der Waals surface area contributed by atoms with E-state index in [9.17, 15) is 9.59 Å². The minimum Gasteiger partial charge on any atom is -0.497 e. The van der Waals surface area contributed by atoms with Crippen molar-refractivity contribution in [3.8, 4) is 16.9 Å². The summed E-state index contributed by atoms with van der Waals surface area (Å²) in [6.45, 7) is 1.18. The molecule has 1 aliphatic heterocycles. The topological polar surface area (TPSA) is 67.9 Å². The summed E-state index contributed by atoms with van der Waals surface area (Å²) in [5.41, 5.74) is 2.85. The van der Waals surface area contributed by atoms with Gasteiger partial charge in [-0.1, -0.05) is 24.3 Å². The molecule has 1 N–H and O–H groups in total. The zero-order chi connectivity index (χ0) is 19.9. The maximum Gasteiger partial charge on any atom is 0.248 e. The number of nitrogens with one attached hydrogen (secondary N) is 1. The van der Waals surface area contributed by atoms with E-state index in [4.69, 9.17) is 9.47 Å². The summed E-state index contributed by atoms with van der Waals surface area (Å²) < 4.78 is 10.2. The molecule has 1 unspecified atom stereocenters. The van der Waals surface area contributed by atoms with Gasteiger partial charge < -0.3 is 19.7 Å². The number of nitrogens with zero attached hydrogens (tertiary/aromatic N) is 1. The molecule has 2 aromatic rings. The van der Waals surface area contributed by atoms with Crippen molar-refractivity contribution in [3.05, 3.63) is 48.5 Å². The highest BCUT2D eigenvalue weighted by molar-refractivity contribution is 5.93. The average Bonchev–Trinajstić information content (AvgIpc) is 2.74. The van der Waals surface area contributed by atoms with E-state index in [2.05, 4.69) is 5.32 Å². The average molecular weight is 382 g/mol. The van der Waals surface area contributed by atoms with Crippen LogP contribution in [0.5, 0.6) is 5.75 Å². The maximum absolute atomic E-state index is 12.6. The van der Waals surface area contributed by atoms with Crippen LogP contribution in [0, 0.1) is 5.92 Å². The maximum atomic E-state index is 12.6. The van der Waals surface area contributed by atoms with E-state index in [1.807, 2.05) is 48.5 Å². The lowest BCUT2D eigenvalue weighted by Gasteiger charge is -2.31. The molecule has 1 aliphatic rings. The number of amides is 2. The van der Waals surface area contributed by atoms with Gasteiger partial charge in [0, 0.05) is 25.9 Å². The van der Waals surface area contributed by atoms with Crippen LogP contribution in [0.3, 0.4) is 0 Å². The first-order chi connectivity index (χ1) is 13.6. The van der Waals surface area contributed by atoms with Gasteiger partial charge in [-0.25, -0.2) is 0 Å². The molecule has 6 heteroatoms. The molecule has 1 fully saturated rings. The third-order valence-electron chi connectivity index (χ3n) is 4.97. The second-order valence-corrected chi connectivity index (χ2v) is 6.91. The standard InChI is InChI=1S/C22H26N2O4/c1-27-15-21(25)24-12-4-6-18(14-24)22(26)23-19-10-8-16(9-11-19)17-5-3-7-20(13-17)28-2/h3,5,7-11,13,18H,4,6,12,14-15H2,1-2H3,(H,23,26). The lowest BCUT2D eigenvalue weighted by atomic mass is 9.97. The highest BCUT2D eigenvalue weighted by Gasteiger charge is 2.28. The summed E-state index contributed by atoms with van der Waals surface area (Å²) in [4.78, 5) is 26.3. The number of piperidine rings is 1. The molecule has 148 valence electrons. The first kappa shape index (κ1) is 19.9. The second-order valence-electron chi connectivity index (χ2n) is 6.91. The molecule has 2 amide bonds. The van der Waals surface area contributed by atoms with Gasteiger partial charge in [0.15, 0.2) is 0 Å². The molecule has 0 aromatic heterocycles. The third-order valence-corrected chi connectivity index (χ3v) is 4.97. The van der Waals surface area contributed by atoms with E-state index in [0.717, 1.165) is 35.4 Å². The fourth-order valence-corrected chi connectivity index (χ4v) is 3.43. The summed E-state index contributed by atoms with van der Waals surface area (Å²) in [6, 6.07) is 15.6. The number of carbonyl (C=O) groups is 2. The van der Waals surface area contributed by atoms with E-state index in [1.54, 1.807) is 12.0 Å². The minimum atomic E-state index is -0.201. The van der Waals surface area contributed by atoms with Crippen LogP contribution in [0.1, 0.15) is 12.8 Å². The van der Waals surface area contributed by atoms with Gasteiger partial charge in [-0.3, -0.25) is 9.59 Å². The highest BCUT2D eigenvalue weighted by Crippen LogP contribution is 2.25. The largest absolute Gasteiger partial charge is 0.497 e. The van der Waals surface area contributed by atoms with Gasteiger partial charge in [-0.2, -0.15) is 0 Å².